The van der Waals surface area contributed by atoms with Gasteiger partial charge in [0.15, 0.2) is 12.2 Å². The van der Waals surface area contributed by atoms with Crippen LogP contribution in [0.3, 0.4) is 0 Å². The highest BCUT2D eigenvalue weighted by atomic mass is 31.2. The van der Waals surface area contributed by atoms with Crippen molar-refractivity contribution in [3.05, 3.63) is 0 Å². The van der Waals surface area contributed by atoms with Gasteiger partial charge in [0.2, 0.25) is 0 Å². The van der Waals surface area contributed by atoms with Crippen LogP contribution in [-0.4, -0.2) is 96.7 Å². The van der Waals surface area contributed by atoms with E-state index < -0.39 is 97.5 Å². The number of hydrogen-bond acceptors (Lipinski definition) is 15. The summed E-state index contributed by atoms with van der Waals surface area (Å²) in [6, 6.07) is 0. The maximum absolute atomic E-state index is 13.1. The van der Waals surface area contributed by atoms with E-state index in [0.717, 1.165) is 108 Å². The maximum Gasteiger partial charge on any atom is 0.472 e. The number of aliphatic hydroxyl groups excluding tert-OH is 1. The van der Waals surface area contributed by atoms with Crippen LogP contribution in [0.4, 0.5) is 0 Å². The summed E-state index contributed by atoms with van der Waals surface area (Å²) in [5, 5.41) is 10.6. The molecule has 0 saturated carbocycles. The number of carbonyl (C=O) groups excluding carboxylic acids is 4. The molecule has 0 radical (unpaired) electrons. The molecule has 0 aromatic carbocycles. The van der Waals surface area contributed by atoms with Gasteiger partial charge in [-0.15, -0.1) is 0 Å². The fourth-order valence-electron chi connectivity index (χ4n) is 11.2. The molecule has 19 heteroatoms. The van der Waals surface area contributed by atoms with Crippen LogP contribution >= 0.6 is 15.6 Å². The Morgan fingerprint density at radius 3 is 0.731 bits per heavy atom. The van der Waals surface area contributed by atoms with Gasteiger partial charge in [0.05, 0.1) is 26.4 Å². The third-order valence-electron chi connectivity index (χ3n) is 17.1. The Kier molecular flexibility index (Phi) is 63.4. The molecule has 0 aliphatic heterocycles. The summed E-state index contributed by atoms with van der Waals surface area (Å²) < 4.78 is 68.5. The number of unbranched alkanes of at least 4 members (excludes halogenated alkanes) is 40. The number of carbonyl (C=O) groups is 4. The lowest BCUT2D eigenvalue weighted by molar-refractivity contribution is -0.161. The minimum absolute atomic E-state index is 0.107. The molecule has 0 saturated heterocycles. The van der Waals surface area contributed by atoms with E-state index in [4.69, 9.17) is 37.0 Å². The van der Waals surface area contributed by atoms with Crippen molar-refractivity contribution in [1.29, 1.82) is 0 Å². The molecule has 0 fully saturated rings. The van der Waals surface area contributed by atoms with E-state index in [1.807, 2.05) is 0 Å². The molecule has 552 valence electrons. The SMILES string of the molecule is CCCCCCCCCCCCCCC(=O)O[C@H](COC(=O)CCCCCCCCCCC(C)C)COP(=O)(O)OC[C@H](O)COP(=O)(O)OC[C@@H](COC(=O)CCCCCCCCCCCCCC(C)C)OC(=O)CCCCCCCCCCCCCCCC(C)C. The van der Waals surface area contributed by atoms with Crippen LogP contribution in [-0.2, 0) is 65.4 Å². The summed E-state index contributed by atoms with van der Waals surface area (Å²) in [5.41, 5.74) is 0. The van der Waals surface area contributed by atoms with Crippen molar-refractivity contribution >= 4 is 39.5 Å². The molecule has 93 heavy (non-hydrogen) atoms. The highest BCUT2D eigenvalue weighted by Gasteiger charge is 2.30. The molecule has 17 nitrogen and oxygen atoms in total. The van der Waals surface area contributed by atoms with Gasteiger partial charge < -0.3 is 33.8 Å². The number of phosphoric ester groups is 2. The first-order chi connectivity index (χ1) is 44.7. The maximum atomic E-state index is 13.1. The topological polar surface area (TPSA) is 237 Å². The normalized spacial score (nSPS) is 14.1. The summed E-state index contributed by atoms with van der Waals surface area (Å²) >= 11 is 0. The van der Waals surface area contributed by atoms with Gasteiger partial charge in [-0.05, 0) is 43.4 Å². The first-order valence-corrected chi connectivity index (χ1v) is 41.3. The number of rotatable bonds is 72. The Hall–Kier alpha value is -1.94. The van der Waals surface area contributed by atoms with Crippen molar-refractivity contribution < 1.29 is 80.2 Å². The van der Waals surface area contributed by atoms with E-state index >= 15 is 0 Å². The predicted octanol–water partition coefficient (Wildman–Crippen LogP) is 21.4. The molecule has 0 aliphatic rings. The van der Waals surface area contributed by atoms with E-state index in [2.05, 4.69) is 48.5 Å². The average molecular weight is 1370 g/mol. The number of esters is 4. The first-order valence-electron chi connectivity index (χ1n) is 38.3. The average Bonchev–Trinajstić information content (AvgIpc) is 1.72. The molecular formula is C74H144O17P2. The number of ether oxygens (including phenoxy) is 4. The van der Waals surface area contributed by atoms with Crippen molar-refractivity contribution in [3.8, 4) is 0 Å². The second kappa shape index (κ2) is 64.7. The Morgan fingerprint density at radius 2 is 0.495 bits per heavy atom. The van der Waals surface area contributed by atoms with Gasteiger partial charge in [-0.1, -0.05) is 325 Å². The third kappa shape index (κ3) is 68.4. The minimum atomic E-state index is -4.96. The fourth-order valence-corrected chi connectivity index (χ4v) is 12.8. The van der Waals surface area contributed by atoms with Crippen molar-refractivity contribution in [1.82, 2.24) is 0 Å². The second-order valence-corrected chi connectivity index (χ2v) is 31.0. The van der Waals surface area contributed by atoms with Gasteiger partial charge in [-0.2, -0.15) is 0 Å². The molecule has 0 amide bonds. The Balaban J connectivity index is 5.26. The zero-order valence-corrected chi connectivity index (χ0v) is 62.5. The molecule has 3 N–H and O–H groups in total. The zero-order chi connectivity index (χ0) is 68.7. The summed E-state index contributed by atoms with van der Waals surface area (Å²) in [5.74, 6) is 0.165. The van der Waals surface area contributed by atoms with Crippen molar-refractivity contribution in [3.63, 3.8) is 0 Å². The summed E-state index contributed by atoms with van der Waals surface area (Å²) in [6.07, 6.45) is 49.9. The number of aliphatic hydroxyl groups is 1. The number of phosphoric acid groups is 2. The molecule has 0 bridgehead atoms. The van der Waals surface area contributed by atoms with E-state index in [1.54, 1.807) is 0 Å². The summed E-state index contributed by atoms with van der Waals surface area (Å²) in [4.78, 5) is 72.7. The van der Waals surface area contributed by atoms with Crippen LogP contribution in [0, 0.1) is 17.8 Å². The van der Waals surface area contributed by atoms with E-state index in [0.29, 0.717) is 25.7 Å². The Morgan fingerprint density at radius 1 is 0.290 bits per heavy atom. The first kappa shape index (κ1) is 91.1. The Labute approximate surface area is 568 Å². The summed E-state index contributed by atoms with van der Waals surface area (Å²) in [6.45, 7) is 11.9. The van der Waals surface area contributed by atoms with Crippen LogP contribution < -0.4 is 0 Å². The van der Waals surface area contributed by atoms with Gasteiger partial charge in [-0.3, -0.25) is 37.3 Å². The molecule has 0 heterocycles. The molecule has 5 atom stereocenters. The lowest BCUT2D eigenvalue weighted by atomic mass is 10.0. The quantitative estimate of drug-likeness (QED) is 0.0222. The summed E-state index contributed by atoms with van der Waals surface area (Å²) in [7, 11) is -9.91. The highest BCUT2D eigenvalue weighted by Crippen LogP contribution is 2.45. The molecule has 0 aliphatic carbocycles. The van der Waals surface area contributed by atoms with Gasteiger partial charge in [0, 0.05) is 25.7 Å². The standard InChI is InChI=1S/C74H144O17P2/c1-8-9-10-11-12-13-14-21-27-36-43-50-57-73(78)91-70(62-85-72(77)56-49-42-35-30-29-33-40-47-54-67(6)7)64-89-93(82,83)87-60-68(75)59-86-92(80,81)88-63-69(61-84-71(76)55-48-41-34-26-23-18-20-25-32-39-46-53-66(4)5)90-74(79)58-51-44-37-28-22-17-15-16-19-24-31-38-45-52-65(2)3/h65-70,75H,8-64H2,1-7H3,(H,80,81)(H,82,83)/t68-,69-,70-/m1/s1. The van der Waals surface area contributed by atoms with Gasteiger partial charge in [0.1, 0.15) is 19.3 Å². The monoisotopic (exact) mass is 1370 g/mol. The molecular weight excluding hydrogens is 1220 g/mol. The second-order valence-electron chi connectivity index (χ2n) is 28.1. The van der Waals surface area contributed by atoms with Gasteiger partial charge in [-0.25, -0.2) is 9.13 Å². The lowest BCUT2D eigenvalue weighted by Gasteiger charge is -2.21. The van der Waals surface area contributed by atoms with Crippen LogP contribution in [0.15, 0.2) is 0 Å². The largest absolute Gasteiger partial charge is 0.472 e. The fraction of sp³-hybridized carbons (Fsp3) is 0.946. The minimum Gasteiger partial charge on any atom is -0.462 e. The smallest absolute Gasteiger partial charge is 0.462 e. The third-order valence-corrected chi connectivity index (χ3v) is 19.0. The van der Waals surface area contributed by atoms with Gasteiger partial charge in [0.25, 0.3) is 0 Å². The predicted molar refractivity (Wildman–Crippen MR) is 377 cm³/mol. The highest BCUT2D eigenvalue weighted by molar-refractivity contribution is 7.47. The van der Waals surface area contributed by atoms with Crippen molar-refractivity contribution in [2.24, 2.45) is 17.8 Å². The van der Waals surface area contributed by atoms with E-state index in [1.165, 1.54) is 186 Å². The molecule has 0 aromatic rings. The molecule has 2 unspecified atom stereocenters. The van der Waals surface area contributed by atoms with Crippen LogP contribution in [0.1, 0.15) is 376 Å². The van der Waals surface area contributed by atoms with Crippen molar-refractivity contribution in [2.45, 2.75) is 394 Å². The lowest BCUT2D eigenvalue weighted by Crippen LogP contribution is -2.30. The molecule has 0 rings (SSSR count). The molecule has 0 spiro atoms. The van der Waals surface area contributed by atoms with E-state index in [9.17, 15) is 43.2 Å². The Bertz CT molecular complexity index is 1820. The van der Waals surface area contributed by atoms with Gasteiger partial charge >= 0.3 is 39.5 Å². The zero-order valence-electron chi connectivity index (χ0n) is 60.7. The van der Waals surface area contributed by atoms with Crippen LogP contribution in [0.2, 0.25) is 0 Å². The van der Waals surface area contributed by atoms with Crippen LogP contribution in [0.5, 0.6) is 0 Å². The molecule has 0 aromatic heterocycles. The van der Waals surface area contributed by atoms with Crippen LogP contribution in [0.25, 0.3) is 0 Å². The van der Waals surface area contributed by atoms with Crippen molar-refractivity contribution in [2.75, 3.05) is 39.6 Å². The number of hydrogen-bond donors (Lipinski definition) is 3. The van der Waals surface area contributed by atoms with E-state index in [-0.39, 0.29) is 25.7 Å².